The van der Waals surface area contributed by atoms with Crippen molar-refractivity contribution in [3.05, 3.63) is 0 Å². The molecule has 1 N–H and O–H groups in total. The van der Waals surface area contributed by atoms with E-state index in [1.807, 2.05) is 11.8 Å². The van der Waals surface area contributed by atoms with Crippen LogP contribution in [0.2, 0.25) is 0 Å². The number of hydrogen-bond donors (Lipinski definition) is 1. The molecule has 0 aliphatic heterocycles. The van der Waals surface area contributed by atoms with Crippen LogP contribution in [0.5, 0.6) is 0 Å². The van der Waals surface area contributed by atoms with Crippen LogP contribution < -0.4 is 0 Å². The van der Waals surface area contributed by atoms with Crippen LogP contribution in [-0.2, 0) is 9.53 Å². The summed E-state index contributed by atoms with van der Waals surface area (Å²) in [5.74, 6) is 2.07. The highest BCUT2D eigenvalue weighted by Crippen LogP contribution is 2.48. The topological polar surface area (TPSA) is 49.8 Å². The van der Waals surface area contributed by atoms with Crippen LogP contribution in [0.4, 0.5) is 0 Å². The van der Waals surface area contributed by atoms with E-state index in [-0.39, 0.29) is 12.5 Å². The van der Waals surface area contributed by atoms with Gasteiger partial charge in [0.15, 0.2) is 0 Å². The maximum Gasteiger partial charge on any atom is 0.226 e. The van der Waals surface area contributed by atoms with E-state index in [2.05, 4.69) is 0 Å². The fraction of sp³-hybridized carbons (Fsp3) is 0.929. The molecule has 0 saturated heterocycles. The number of carbonyl (C=O) groups is 1. The van der Waals surface area contributed by atoms with Crippen molar-refractivity contribution in [2.45, 2.75) is 32.6 Å². The monoisotopic (exact) mass is 255 g/mol. The first kappa shape index (κ1) is 13.8. The Hall–Kier alpha value is -0.610. The fourth-order valence-corrected chi connectivity index (χ4v) is 3.55. The molecule has 3 unspecified atom stereocenters. The number of likely N-dealkylation sites (N-methyl/N-ethyl adjacent to an activating group) is 1. The van der Waals surface area contributed by atoms with E-state index in [0.717, 1.165) is 18.9 Å². The quantitative estimate of drug-likeness (QED) is 0.697. The second-order valence-electron chi connectivity index (χ2n) is 5.54. The zero-order chi connectivity index (χ0) is 13.0. The average Bonchev–Trinajstić information content (AvgIpc) is 3.00. The molecule has 0 aromatic rings. The molecule has 3 atom stereocenters. The van der Waals surface area contributed by atoms with E-state index in [1.165, 1.54) is 19.3 Å². The highest BCUT2D eigenvalue weighted by Gasteiger charge is 2.44. The second-order valence-corrected chi connectivity index (χ2v) is 5.54. The van der Waals surface area contributed by atoms with E-state index >= 15 is 0 Å². The van der Waals surface area contributed by atoms with Gasteiger partial charge in [-0.2, -0.15) is 0 Å². The average molecular weight is 255 g/mol. The normalized spacial score (nSPS) is 29.8. The Morgan fingerprint density at radius 2 is 2.17 bits per heavy atom. The lowest BCUT2D eigenvalue weighted by molar-refractivity contribution is -0.137. The van der Waals surface area contributed by atoms with Crippen molar-refractivity contribution in [2.24, 2.45) is 17.8 Å². The molecule has 2 aliphatic rings. The number of rotatable bonds is 7. The Labute approximate surface area is 109 Å². The summed E-state index contributed by atoms with van der Waals surface area (Å²) in [6.45, 7) is 4.38. The summed E-state index contributed by atoms with van der Waals surface area (Å²) >= 11 is 0. The van der Waals surface area contributed by atoms with Crippen molar-refractivity contribution in [3.8, 4) is 0 Å². The van der Waals surface area contributed by atoms with Gasteiger partial charge >= 0.3 is 0 Å². The first-order chi connectivity index (χ1) is 8.76. The fourth-order valence-electron chi connectivity index (χ4n) is 3.55. The zero-order valence-corrected chi connectivity index (χ0v) is 11.3. The van der Waals surface area contributed by atoms with Crippen LogP contribution in [0.25, 0.3) is 0 Å². The minimum Gasteiger partial charge on any atom is -0.394 e. The largest absolute Gasteiger partial charge is 0.394 e. The van der Waals surface area contributed by atoms with Gasteiger partial charge in [-0.3, -0.25) is 4.79 Å². The van der Waals surface area contributed by atoms with Gasteiger partial charge in [0.25, 0.3) is 0 Å². The zero-order valence-electron chi connectivity index (χ0n) is 11.3. The predicted octanol–water partition coefficient (Wildman–Crippen LogP) is 1.28. The van der Waals surface area contributed by atoms with Gasteiger partial charge < -0.3 is 14.7 Å². The number of amides is 1. The number of carbonyl (C=O) groups excluding carboxylic acids is 1. The lowest BCUT2D eigenvalue weighted by atomic mass is 9.88. The molecule has 2 saturated carbocycles. The molecule has 0 radical (unpaired) electrons. The summed E-state index contributed by atoms with van der Waals surface area (Å²) in [5.41, 5.74) is 0. The summed E-state index contributed by atoms with van der Waals surface area (Å²) in [4.78, 5) is 14.4. The van der Waals surface area contributed by atoms with Gasteiger partial charge in [0.1, 0.15) is 0 Å². The standard InChI is InChI=1S/C14H25NO3/c1-2-15(5-7-18-8-6-16)14(17)13-10-11-3-4-12(13)9-11/h11-13,16H,2-10H2,1H3. The maximum atomic E-state index is 12.5. The summed E-state index contributed by atoms with van der Waals surface area (Å²) in [6, 6.07) is 0. The summed E-state index contributed by atoms with van der Waals surface area (Å²) < 4.78 is 5.25. The number of nitrogens with zero attached hydrogens (tertiary/aromatic N) is 1. The molecule has 0 spiro atoms. The van der Waals surface area contributed by atoms with E-state index in [0.29, 0.717) is 31.6 Å². The van der Waals surface area contributed by atoms with Crippen LogP contribution in [0.1, 0.15) is 32.6 Å². The molecule has 18 heavy (non-hydrogen) atoms. The number of aliphatic hydroxyl groups excluding tert-OH is 1. The van der Waals surface area contributed by atoms with Gasteiger partial charge in [-0.15, -0.1) is 0 Å². The third-order valence-electron chi connectivity index (χ3n) is 4.49. The van der Waals surface area contributed by atoms with Crippen LogP contribution in [0, 0.1) is 17.8 Å². The Kier molecular flexibility index (Phi) is 5.01. The van der Waals surface area contributed by atoms with Crippen molar-refractivity contribution < 1.29 is 14.6 Å². The molecular weight excluding hydrogens is 230 g/mol. The summed E-state index contributed by atoms with van der Waals surface area (Å²) in [5, 5.41) is 8.64. The molecule has 4 heteroatoms. The van der Waals surface area contributed by atoms with Gasteiger partial charge in [0.05, 0.1) is 19.8 Å². The van der Waals surface area contributed by atoms with Crippen molar-refractivity contribution in [2.75, 3.05) is 32.9 Å². The van der Waals surface area contributed by atoms with Crippen LogP contribution in [0.3, 0.4) is 0 Å². The van der Waals surface area contributed by atoms with E-state index in [1.54, 1.807) is 0 Å². The molecular formula is C14H25NO3. The number of fused-ring (bicyclic) bond motifs is 2. The Balaban J connectivity index is 1.78. The summed E-state index contributed by atoms with van der Waals surface area (Å²) in [7, 11) is 0. The molecule has 2 bridgehead atoms. The number of ether oxygens (including phenoxy) is 1. The van der Waals surface area contributed by atoms with Crippen molar-refractivity contribution >= 4 is 5.91 Å². The molecule has 0 aromatic heterocycles. The minimum atomic E-state index is 0.0481. The van der Waals surface area contributed by atoms with E-state index < -0.39 is 0 Å². The maximum absolute atomic E-state index is 12.5. The predicted molar refractivity (Wildman–Crippen MR) is 69.1 cm³/mol. The molecule has 1 amide bonds. The lowest BCUT2D eigenvalue weighted by Crippen LogP contribution is -2.40. The first-order valence-electron chi connectivity index (χ1n) is 7.23. The molecule has 2 rings (SSSR count). The van der Waals surface area contributed by atoms with Crippen LogP contribution in [0.15, 0.2) is 0 Å². The van der Waals surface area contributed by atoms with Gasteiger partial charge in [-0.25, -0.2) is 0 Å². The second kappa shape index (κ2) is 6.53. The Bertz CT molecular complexity index is 282. The molecule has 0 aromatic carbocycles. The third-order valence-corrected chi connectivity index (χ3v) is 4.49. The highest BCUT2D eigenvalue weighted by molar-refractivity contribution is 5.79. The van der Waals surface area contributed by atoms with Crippen molar-refractivity contribution in [1.82, 2.24) is 4.90 Å². The van der Waals surface area contributed by atoms with Gasteiger partial charge in [-0.1, -0.05) is 6.42 Å². The number of aliphatic hydroxyl groups is 1. The molecule has 2 fully saturated rings. The van der Waals surface area contributed by atoms with E-state index in [4.69, 9.17) is 9.84 Å². The van der Waals surface area contributed by atoms with Crippen LogP contribution in [-0.4, -0.2) is 48.8 Å². The first-order valence-corrected chi connectivity index (χ1v) is 7.23. The molecule has 0 heterocycles. The number of hydrogen-bond acceptors (Lipinski definition) is 3. The molecule has 2 aliphatic carbocycles. The SMILES string of the molecule is CCN(CCOCCO)C(=O)C1CC2CCC1C2. The minimum absolute atomic E-state index is 0.0481. The van der Waals surface area contributed by atoms with Crippen molar-refractivity contribution in [1.29, 1.82) is 0 Å². The smallest absolute Gasteiger partial charge is 0.226 e. The highest BCUT2D eigenvalue weighted by atomic mass is 16.5. The molecule has 4 nitrogen and oxygen atoms in total. The van der Waals surface area contributed by atoms with Gasteiger partial charge in [0.2, 0.25) is 5.91 Å². The van der Waals surface area contributed by atoms with Crippen LogP contribution >= 0.6 is 0 Å². The Morgan fingerprint density at radius 1 is 1.33 bits per heavy atom. The van der Waals surface area contributed by atoms with Gasteiger partial charge in [-0.05, 0) is 38.0 Å². The Morgan fingerprint density at radius 3 is 2.72 bits per heavy atom. The van der Waals surface area contributed by atoms with E-state index in [9.17, 15) is 4.79 Å². The summed E-state index contributed by atoms with van der Waals surface area (Å²) in [6.07, 6.45) is 4.96. The molecule has 104 valence electrons. The van der Waals surface area contributed by atoms with Crippen molar-refractivity contribution in [3.63, 3.8) is 0 Å². The third kappa shape index (κ3) is 3.04. The van der Waals surface area contributed by atoms with Gasteiger partial charge in [0, 0.05) is 19.0 Å². The lowest BCUT2D eigenvalue weighted by Gasteiger charge is -2.28.